The average molecular weight is 424 g/mol. The molecule has 0 aliphatic heterocycles. The molecule has 4 aromatic rings. The summed E-state index contributed by atoms with van der Waals surface area (Å²) in [5.74, 6) is -0.314. The number of para-hydroxylation sites is 1. The minimum Gasteiger partial charge on any atom is -0.332 e. The molecule has 0 unspecified atom stereocenters. The summed E-state index contributed by atoms with van der Waals surface area (Å²) in [4.78, 5) is 16.9. The Kier molecular flexibility index (Phi) is 5.34. The number of carbonyl (C=O) groups is 1. The molecule has 0 radical (unpaired) electrons. The molecule has 4 rings (SSSR count). The minimum atomic E-state index is -0.314. The quantitative estimate of drug-likeness (QED) is 0.412. The number of thiazole rings is 1. The lowest BCUT2D eigenvalue weighted by Gasteiger charge is -2.10. The first kappa shape index (κ1) is 18.6. The van der Waals surface area contributed by atoms with Crippen molar-refractivity contribution in [2.75, 3.05) is 5.32 Å². The third kappa shape index (κ3) is 4.20. The molecular formula is C21H14ClN3OS2. The Hall–Kier alpha value is -2.80. The fraction of sp³-hybridized carbons (Fsp3) is 0. The van der Waals surface area contributed by atoms with Crippen LogP contribution in [0.25, 0.3) is 20.8 Å². The topological polar surface area (TPSA) is 54.0 Å². The van der Waals surface area contributed by atoms with Crippen molar-refractivity contribution >= 4 is 62.1 Å². The fourth-order valence-electron chi connectivity index (χ4n) is 2.66. The number of benzene rings is 3. The van der Waals surface area contributed by atoms with Crippen molar-refractivity contribution in [3.63, 3.8) is 0 Å². The molecular weight excluding hydrogens is 410 g/mol. The zero-order valence-corrected chi connectivity index (χ0v) is 16.9. The van der Waals surface area contributed by atoms with E-state index in [0.717, 1.165) is 26.5 Å². The summed E-state index contributed by atoms with van der Waals surface area (Å²) in [6, 6.07) is 22.5. The second kappa shape index (κ2) is 8.06. The average Bonchev–Trinajstić information content (AvgIpc) is 3.12. The summed E-state index contributed by atoms with van der Waals surface area (Å²) in [5, 5.41) is 7.34. The number of nitrogens with zero attached hydrogens (tertiary/aromatic N) is 1. The number of hydrogen-bond acceptors (Lipinski definition) is 4. The van der Waals surface area contributed by atoms with Crippen LogP contribution in [0.2, 0.25) is 5.02 Å². The Balaban J connectivity index is 1.42. The van der Waals surface area contributed by atoms with Gasteiger partial charge in [-0.15, -0.1) is 11.3 Å². The van der Waals surface area contributed by atoms with Crippen LogP contribution < -0.4 is 10.6 Å². The maximum Gasteiger partial charge on any atom is 0.257 e. The first-order valence-electron chi connectivity index (χ1n) is 8.42. The van der Waals surface area contributed by atoms with Crippen LogP contribution in [0.3, 0.4) is 0 Å². The predicted octanol–water partition coefficient (Wildman–Crippen LogP) is 5.74. The Bertz CT molecular complexity index is 1140. The molecule has 1 heterocycles. The van der Waals surface area contributed by atoms with Gasteiger partial charge in [0, 0.05) is 21.8 Å². The Morgan fingerprint density at radius 1 is 1.00 bits per heavy atom. The molecule has 0 saturated carbocycles. The number of halogens is 1. The molecule has 0 bridgehead atoms. The molecule has 28 heavy (non-hydrogen) atoms. The van der Waals surface area contributed by atoms with Crippen LogP contribution in [0, 0.1) is 0 Å². The van der Waals surface area contributed by atoms with Gasteiger partial charge in [-0.05, 0) is 66.8 Å². The number of aromatic nitrogens is 1. The SMILES string of the molecule is O=C(NC(=S)Nc1ccc(-c2nc3ccccc3s2)cc1)c1cccc(Cl)c1. The van der Waals surface area contributed by atoms with E-state index in [9.17, 15) is 4.79 Å². The van der Waals surface area contributed by atoms with Crippen molar-refractivity contribution in [2.45, 2.75) is 0 Å². The lowest BCUT2D eigenvalue weighted by atomic mass is 10.2. The molecule has 138 valence electrons. The van der Waals surface area contributed by atoms with Crippen molar-refractivity contribution < 1.29 is 4.79 Å². The molecule has 7 heteroatoms. The van der Waals surface area contributed by atoms with Gasteiger partial charge in [-0.25, -0.2) is 4.98 Å². The minimum absolute atomic E-state index is 0.220. The predicted molar refractivity (Wildman–Crippen MR) is 120 cm³/mol. The van der Waals surface area contributed by atoms with Crippen molar-refractivity contribution in [3.8, 4) is 10.6 Å². The van der Waals surface area contributed by atoms with E-state index in [1.54, 1.807) is 35.6 Å². The number of hydrogen-bond donors (Lipinski definition) is 2. The monoisotopic (exact) mass is 423 g/mol. The van der Waals surface area contributed by atoms with Crippen molar-refractivity contribution in [2.24, 2.45) is 0 Å². The Labute approximate surface area is 176 Å². The smallest absolute Gasteiger partial charge is 0.257 e. The highest BCUT2D eigenvalue weighted by Crippen LogP contribution is 2.30. The van der Waals surface area contributed by atoms with Crippen LogP contribution in [0.5, 0.6) is 0 Å². The summed E-state index contributed by atoms with van der Waals surface area (Å²) >= 11 is 12.8. The summed E-state index contributed by atoms with van der Waals surface area (Å²) in [7, 11) is 0. The normalized spacial score (nSPS) is 10.6. The molecule has 3 aromatic carbocycles. The zero-order valence-electron chi connectivity index (χ0n) is 14.5. The second-order valence-electron chi connectivity index (χ2n) is 5.98. The highest BCUT2D eigenvalue weighted by atomic mass is 35.5. The van der Waals surface area contributed by atoms with Crippen LogP contribution in [-0.2, 0) is 0 Å². The van der Waals surface area contributed by atoms with Gasteiger partial charge in [0.05, 0.1) is 10.2 Å². The largest absolute Gasteiger partial charge is 0.332 e. The maximum atomic E-state index is 12.2. The Morgan fingerprint density at radius 2 is 1.79 bits per heavy atom. The van der Waals surface area contributed by atoms with Crippen molar-refractivity contribution in [1.82, 2.24) is 10.3 Å². The van der Waals surface area contributed by atoms with E-state index in [-0.39, 0.29) is 11.0 Å². The van der Waals surface area contributed by atoms with E-state index >= 15 is 0 Å². The molecule has 0 atom stereocenters. The maximum absolute atomic E-state index is 12.2. The third-order valence-electron chi connectivity index (χ3n) is 4.00. The van der Waals surface area contributed by atoms with Crippen molar-refractivity contribution in [3.05, 3.63) is 83.4 Å². The summed E-state index contributed by atoms with van der Waals surface area (Å²) < 4.78 is 1.16. The van der Waals surface area contributed by atoms with Crippen LogP contribution in [0.1, 0.15) is 10.4 Å². The van der Waals surface area contributed by atoms with Gasteiger partial charge < -0.3 is 5.32 Å². The van der Waals surface area contributed by atoms with E-state index in [1.165, 1.54) is 0 Å². The molecule has 0 fully saturated rings. The highest BCUT2D eigenvalue weighted by Gasteiger charge is 2.09. The standard InChI is InChI=1S/C21H14ClN3OS2/c22-15-5-3-4-14(12-15)19(26)25-21(27)23-16-10-8-13(9-11-16)20-24-17-6-1-2-7-18(17)28-20/h1-12H,(H2,23,25,26,27). The number of nitrogens with one attached hydrogen (secondary N) is 2. The first-order valence-corrected chi connectivity index (χ1v) is 10.0. The zero-order chi connectivity index (χ0) is 19.5. The van der Waals surface area contributed by atoms with Gasteiger partial charge in [0.1, 0.15) is 5.01 Å². The van der Waals surface area contributed by atoms with E-state index in [2.05, 4.69) is 21.7 Å². The van der Waals surface area contributed by atoms with Gasteiger partial charge in [-0.3, -0.25) is 10.1 Å². The second-order valence-corrected chi connectivity index (χ2v) is 7.86. The van der Waals surface area contributed by atoms with E-state index in [0.29, 0.717) is 10.6 Å². The van der Waals surface area contributed by atoms with Gasteiger partial charge in [0.2, 0.25) is 0 Å². The summed E-state index contributed by atoms with van der Waals surface area (Å²) in [6.45, 7) is 0. The lowest BCUT2D eigenvalue weighted by molar-refractivity contribution is 0.0977. The van der Waals surface area contributed by atoms with E-state index in [1.807, 2.05) is 42.5 Å². The molecule has 4 nitrogen and oxygen atoms in total. The molecule has 2 N–H and O–H groups in total. The first-order chi connectivity index (χ1) is 13.6. The molecule has 0 saturated heterocycles. The van der Waals surface area contributed by atoms with Crippen molar-refractivity contribution in [1.29, 1.82) is 0 Å². The number of thiocarbonyl (C=S) groups is 1. The van der Waals surface area contributed by atoms with E-state index in [4.69, 9.17) is 23.8 Å². The van der Waals surface area contributed by atoms with Crippen LogP contribution in [0.15, 0.2) is 72.8 Å². The van der Waals surface area contributed by atoms with Gasteiger partial charge in [-0.2, -0.15) is 0 Å². The van der Waals surface area contributed by atoms with E-state index < -0.39 is 0 Å². The molecule has 1 aromatic heterocycles. The van der Waals surface area contributed by atoms with Gasteiger partial charge in [0.15, 0.2) is 5.11 Å². The number of rotatable bonds is 3. The Morgan fingerprint density at radius 3 is 2.54 bits per heavy atom. The van der Waals surface area contributed by atoms with Gasteiger partial charge in [-0.1, -0.05) is 29.8 Å². The summed E-state index contributed by atoms with van der Waals surface area (Å²) in [5.41, 5.74) is 3.25. The van der Waals surface area contributed by atoms with Crippen LogP contribution >= 0.6 is 35.2 Å². The fourth-order valence-corrected chi connectivity index (χ4v) is 4.03. The number of anilines is 1. The number of fused-ring (bicyclic) bond motifs is 1. The molecule has 0 aliphatic carbocycles. The van der Waals surface area contributed by atoms with Gasteiger partial charge in [0.25, 0.3) is 5.91 Å². The summed E-state index contributed by atoms with van der Waals surface area (Å²) in [6.07, 6.45) is 0. The molecule has 1 amide bonds. The molecule has 0 spiro atoms. The number of amides is 1. The number of carbonyl (C=O) groups excluding carboxylic acids is 1. The molecule has 0 aliphatic rings. The highest BCUT2D eigenvalue weighted by molar-refractivity contribution is 7.80. The third-order valence-corrected chi connectivity index (χ3v) is 5.52. The lowest BCUT2D eigenvalue weighted by Crippen LogP contribution is -2.34. The van der Waals surface area contributed by atoms with Crippen LogP contribution in [0.4, 0.5) is 5.69 Å². The van der Waals surface area contributed by atoms with Gasteiger partial charge >= 0.3 is 0 Å². The van der Waals surface area contributed by atoms with Crippen LogP contribution in [-0.4, -0.2) is 16.0 Å².